The minimum atomic E-state index is 0.426. The van der Waals surface area contributed by atoms with Crippen LogP contribution in [0.2, 0.25) is 0 Å². The van der Waals surface area contributed by atoms with Crippen LogP contribution in [0.15, 0.2) is 23.8 Å². The fraction of sp³-hybridized carbons (Fsp3) is 0.800. The van der Waals surface area contributed by atoms with Crippen LogP contribution in [-0.2, 0) is 0 Å². The minimum absolute atomic E-state index is 0.426. The van der Waals surface area contributed by atoms with Crippen molar-refractivity contribution in [2.24, 2.45) is 40.4 Å². The van der Waals surface area contributed by atoms with Gasteiger partial charge in [-0.1, -0.05) is 58.4 Å². The third-order valence-electron chi connectivity index (χ3n) is 7.16. The first-order chi connectivity index (χ1) is 9.32. The second kappa shape index (κ2) is 4.49. The van der Waals surface area contributed by atoms with Crippen LogP contribution in [0.5, 0.6) is 0 Å². The van der Waals surface area contributed by atoms with E-state index in [9.17, 15) is 0 Å². The molecule has 5 atom stereocenters. The summed E-state index contributed by atoms with van der Waals surface area (Å²) >= 11 is 0. The van der Waals surface area contributed by atoms with Gasteiger partial charge in [-0.2, -0.15) is 0 Å². The van der Waals surface area contributed by atoms with Crippen LogP contribution in [0.4, 0.5) is 0 Å². The standard InChI is InChI=1S/C20H32/c1-13(2)16-8-7-15(5)17-18(16)20(14(3)4)11-9-19(17,6)10-12-20/h7,9,11,13-14,16-18H,8,10,12H2,1-6H3. The zero-order valence-electron chi connectivity index (χ0n) is 14.2. The summed E-state index contributed by atoms with van der Waals surface area (Å²) in [5.41, 5.74) is 2.57. The second-order valence-electron chi connectivity index (χ2n) is 8.70. The van der Waals surface area contributed by atoms with Crippen LogP contribution >= 0.6 is 0 Å². The Labute approximate surface area is 125 Å². The van der Waals surface area contributed by atoms with Crippen LogP contribution in [0.25, 0.3) is 0 Å². The summed E-state index contributed by atoms with van der Waals surface area (Å²) in [6, 6.07) is 0. The number of hydrogen-bond acceptors (Lipinski definition) is 0. The van der Waals surface area contributed by atoms with E-state index in [-0.39, 0.29) is 0 Å². The second-order valence-corrected chi connectivity index (χ2v) is 8.70. The summed E-state index contributed by atoms with van der Waals surface area (Å²) < 4.78 is 0. The van der Waals surface area contributed by atoms with Crippen molar-refractivity contribution in [2.75, 3.05) is 0 Å². The first-order valence-corrected chi connectivity index (χ1v) is 8.69. The van der Waals surface area contributed by atoms with Crippen LogP contribution in [0.3, 0.4) is 0 Å². The summed E-state index contributed by atoms with van der Waals surface area (Å²) in [6.45, 7) is 14.7. The number of fused-ring (bicyclic) bond motifs is 1. The molecule has 0 nitrogen and oxygen atoms in total. The zero-order chi connectivity index (χ0) is 14.7. The molecule has 0 spiro atoms. The van der Waals surface area contributed by atoms with Crippen molar-refractivity contribution in [1.82, 2.24) is 0 Å². The molecule has 0 saturated heterocycles. The first kappa shape index (κ1) is 14.4. The third kappa shape index (κ3) is 1.72. The Bertz CT molecular complexity index is 453. The van der Waals surface area contributed by atoms with Gasteiger partial charge in [0.15, 0.2) is 0 Å². The summed E-state index contributed by atoms with van der Waals surface area (Å²) in [6.07, 6.45) is 11.9. The molecule has 0 aromatic heterocycles. The molecule has 20 heavy (non-hydrogen) atoms. The summed E-state index contributed by atoms with van der Waals surface area (Å²) in [5, 5.41) is 0. The van der Waals surface area contributed by atoms with Gasteiger partial charge in [-0.25, -0.2) is 0 Å². The predicted molar refractivity (Wildman–Crippen MR) is 87.4 cm³/mol. The average molecular weight is 272 g/mol. The lowest BCUT2D eigenvalue weighted by Crippen LogP contribution is -2.57. The maximum absolute atomic E-state index is 2.65. The molecule has 4 rings (SSSR count). The molecule has 4 aliphatic rings. The fourth-order valence-corrected chi connectivity index (χ4v) is 5.85. The highest BCUT2D eigenvalue weighted by atomic mass is 14.6. The van der Waals surface area contributed by atoms with E-state index < -0.39 is 0 Å². The highest BCUT2D eigenvalue weighted by Crippen LogP contribution is 2.67. The Morgan fingerprint density at radius 2 is 1.80 bits per heavy atom. The maximum atomic E-state index is 2.65. The fourth-order valence-electron chi connectivity index (χ4n) is 5.85. The normalized spacial score (nSPS) is 46.8. The molecule has 1 saturated carbocycles. The monoisotopic (exact) mass is 272 g/mol. The topological polar surface area (TPSA) is 0 Å². The Kier molecular flexibility index (Phi) is 3.23. The molecule has 5 unspecified atom stereocenters. The van der Waals surface area contributed by atoms with Crippen molar-refractivity contribution < 1.29 is 0 Å². The van der Waals surface area contributed by atoms with Crippen molar-refractivity contribution in [1.29, 1.82) is 0 Å². The van der Waals surface area contributed by atoms with Crippen molar-refractivity contribution >= 4 is 0 Å². The molecular formula is C20H32. The summed E-state index contributed by atoms with van der Waals surface area (Å²) in [5.74, 6) is 4.11. The molecule has 0 heterocycles. The van der Waals surface area contributed by atoms with Gasteiger partial charge < -0.3 is 0 Å². The van der Waals surface area contributed by atoms with Crippen molar-refractivity contribution in [3.8, 4) is 0 Å². The number of allylic oxidation sites excluding steroid dienone is 4. The molecule has 0 heteroatoms. The van der Waals surface area contributed by atoms with E-state index in [4.69, 9.17) is 0 Å². The number of hydrogen-bond donors (Lipinski definition) is 0. The lowest BCUT2D eigenvalue weighted by atomic mass is 9.40. The van der Waals surface area contributed by atoms with Gasteiger partial charge in [0.25, 0.3) is 0 Å². The van der Waals surface area contributed by atoms with E-state index in [0.717, 1.165) is 29.6 Å². The number of rotatable bonds is 2. The minimum Gasteiger partial charge on any atom is -0.0850 e. The predicted octanol–water partition coefficient (Wildman–Crippen LogP) is 5.85. The molecule has 4 aliphatic carbocycles. The molecule has 0 aliphatic heterocycles. The Morgan fingerprint density at radius 1 is 1.10 bits per heavy atom. The van der Waals surface area contributed by atoms with E-state index in [1.807, 2.05) is 0 Å². The van der Waals surface area contributed by atoms with Crippen molar-refractivity contribution in [3.63, 3.8) is 0 Å². The maximum Gasteiger partial charge on any atom is -0.00576 e. The first-order valence-electron chi connectivity index (χ1n) is 8.69. The molecule has 112 valence electrons. The largest absolute Gasteiger partial charge is 0.0850 e. The van der Waals surface area contributed by atoms with Gasteiger partial charge in [0.1, 0.15) is 0 Å². The summed E-state index contributed by atoms with van der Waals surface area (Å²) in [7, 11) is 0. The molecule has 0 aromatic carbocycles. The molecular weight excluding hydrogens is 240 g/mol. The van der Waals surface area contributed by atoms with Gasteiger partial charge in [-0.3, -0.25) is 0 Å². The van der Waals surface area contributed by atoms with E-state index >= 15 is 0 Å². The molecule has 0 N–H and O–H groups in total. The highest BCUT2D eigenvalue weighted by Gasteiger charge is 2.59. The van der Waals surface area contributed by atoms with Gasteiger partial charge in [0, 0.05) is 0 Å². The lowest BCUT2D eigenvalue weighted by Gasteiger charge is -2.64. The van der Waals surface area contributed by atoms with E-state index in [1.54, 1.807) is 5.57 Å². The summed E-state index contributed by atoms with van der Waals surface area (Å²) in [4.78, 5) is 0. The Balaban J connectivity index is 2.15. The SMILES string of the molecule is CC1=CCC(C(C)C)C2C1C1(C)C=CC2(C(C)C)CC1. The Hall–Kier alpha value is -0.520. The highest BCUT2D eigenvalue weighted by molar-refractivity contribution is 5.31. The lowest BCUT2D eigenvalue weighted by molar-refractivity contribution is -0.0720. The van der Waals surface area contributed by atoms with Crippen LogP contribution < -0.4 is 0 Å². The van der Waals surface area contributed by atoms with Crippen molar-refractivity contribution in [3.05, 3.63) is 23.8 Å². The third-order valence-corrected chi connectivity index (χ3v) is 7.16. The van der Waals surface area contributed by atoms with E-state index in [1.165, 1.54) is 19.3 Å². The Morgan fingerprint density at radius 3 is 2.30 bits per heavy atom. The quantitative estimate of drug-likeness (QED) is 0.553. The van der Waals surface area contributed by atoms with Gasteiger partial charge >= 0.3 is 0 Å². The van der Waals surface area contributed by atoms with Gasteiger partial charge in [-0.05, 0) is 66.6 Å². The van der Waals surface area contributed by atoms with Crippen LogP contribution in [-0.4, -0.2) is 0 Å². The zero-order valence-corrected chi connectivity index (χ0v) is 14.2. The van der Waals surface area contributed by atoms with Gasteiger partial charge in [0.05, 0.1) is 0 Å². The smallest absolute Gasteiger partial charge is 0.00576 e. The molecule has 0 radical (unpaired) electrons. The molecule has 0 amide bonds. The van der Waals surface area contributed by atoms with Gasteiger partial charge in [-0.15, -0.1) is 0 Å². The molecule has 2 bridgehead atoms. The molecule has 0 aromatic rings. The van der Waals surface area contributed by atoms with Gasteiger partial charge in [0.2, 0.25) is 0 Å². The average Bonchev–Trinajstić information content (AvgIpc) is 2.39. The van der Waals surface area contributed by atoms with Crippen LogP contribution in [0, 0.1) is 40.4 Å². The van der Waals surface area contributed by atoms with Crippen LogP contribution in [0.1, 0.15) is 60.8 Å². The van der Waals surface area contributed by atoms with E-state index in [0.29, 0.717) is 10.8 Å². The molecule has 1 fully saturated rings. The van der Waals surface area contributed by atoms with E-state index in [2.05, 4.69) is 59.8 Å². The van der Waals surface area contributed by atoms with Crippen molar-refractivity contribution in [2.45, 2.75) is 60.8 Å².